The lowest BCUT2D eigenvalue weighted by molar-refractivity contribution is 0.0270. The fourth-order valence-electron chi connectivity index (χ4n) is 4.18. The summed E-state index contributed by atoms with van der Waals surface area (Å²) in [4.78, 5) is 18.7. The molecule has 3 heterocycles. The first-order chi connectivity index (χ1) is 16.2. The fraction of sp³-hybridized carbons (Fsp3) is 0.346. The van der Waals surface area contributed by atoms with E-state index >= 15 is 0 Å². The Morgan fingerprint density at radius 3 is 2.71 bits per heavy atom. The zero-order valence-electron chi connectivity index (χ0n) is 20.1. The van der Waals surface area contributed by atoms with Crippen LogP contribution in [0.25, 0.3) is 38.7 Å². The molecule has 0 fully saturated rings. The molecule has 5 rings (SSSR count). The summed E-state index contributed by atoms with van der Waals surface area (Å²) in [5.74, 6) is 0.553. The van der Waals surface area contributed by atoms with Crippen molar-refractivity contribution in [2.24, 2.45) is 7.05 Å². The van der Waals surface area contributed by atoms with Gasteiger partial charge in [-0.25, -0.2) is 9.78 Å². The van der Waals surface area contributed by atoms with Crippen molar-refractivity contribution in [3.63, 3.8) is 0 Å². The second-order valence-electron chi connectivity index (χ2n) is 9.74. The molecule has 4 aromatic rings. The summed E-state index contributed by atoms with van der Waals surface area (Å²) in [5, 5.41) is 9.89. The SMILES string of the molecule is Cc1cc(-c2ccc3nc(C4=CCN(C(=O)OC(C)(C)C)CC4)n[o+]c3c2)cc2cn(C)nc12. The van der Waals surface area contributed by atoms with E-state index in [9.17, 15) is 4.79 Å². The molecule has 2 aromatic heterocycles. The van der Waals surface area contributed by atoms with Crippen LogP contribution < -0.4 is 0 Å². The minimum atomic E-state index is -0.511. The van der Waals surface area contributed by atoms with Crippen LogP contribution in [0.5, 0.6) is 0 Å². The van der Waals surface area contributed by atoms with Crippen molar-refractivity contribution in [1.29, 1.82) is 0 Å². The van der Waals surface area contributed by atoms with Crippen LogP contribution in [0.4, 0.5) is 4.79 Å². The summed E-state index contributed by atoms with van der Waals surface area (Å²) in [6.07, 6.45) is 4.32. The van der Waals surface area contributed by atoms with Crippen molar-refractivity contribution in [2.75, 3.05) is 13.1 Å². The quantitative estimate of drug-likeness (QED) is 0.375. The summed E-state index contributed by atoms with van der Waals surface area (Å²) in [7, 11) is 1.93. The maximum Gasteiger partial charge on any atom is 0.425 e. The Labute approximate surface area is 197 Å². The molecular formula is C26H28N5O3+. The van der Waals surface area contributed by atoms with Gasteiger partial charge in [0.2, 0.25) is 0 Å². The lowest BCUT2D eigenvalue weighted by Crippen LogP contribution is -2.39. The molecule has 34 heavy (non-hydrogen) atoms. The molecule has 0 radical (unpaired) electrons. The first-order valence-corrected chi connectivity index (χ1v) is 11.4. The Hall–Kier alpha value is -3.81. The van der Waals surface area contributed by atoms with E-state index in [4.69, 9.17) is 14.2 Å². The predicted molar refractivity (Wildman–Crippen MR) is 131 cm³/mol. The van der Waals surface area contributed by atoms with Gasteiger partial charge in [-0.2, -0.15) is 5.10 Å². The van der Waals surface area contributed by atoms with Crippen molar-refractivity contribution in [3.8, 4) is 11.1 Å². The average molecular weight is 459 g/mol. The van der Waals surface area contributed by atoms with Crippen molar-refractivity contribution < 1.29 is 14.1 Å². The predicted octanol–water partition coefficient (Wildman–Crippen LogP) is 5.39. The number of amides is 1. The maximum absolute atomic E-state index is 12.3. The number of hydrogen-bond donors (Lipinski definition) is 0. The highest BCUT2D eigenvalue weighted by molar-refractivity contribution is 5.89. The molecule has 1 amide bonds. The molecule has 0 bridgehead atoms. The Balaban J connectivity index is 1.38. The highest BCUT2D eigenvalue weighted by Crippen LogP contribution is 2.29. The normalized spacial score (nSPS) is 14.5. The van der Waals surface area contributed by atoms with Gasteiger partial charge in [0.05, 0.1) is 11.6 Å². The smallest absolute Gasteiger partial charge is 0.425 e. The molecule has 174 valence electrons. The molecule has 0 aliphatic carbocycles. The summed E-state index contributed by atoms with van der Waals surface area (Å²) >= 11 is 0. The molecule has 0 atom stereocenters. The van der Waals surface area contributed by atoms with E-state index in [1.54, 1.807) is 4.90 Å². The number of carbonyl (C=O) groups excluding carboxylic acids is 1. The average Bonchev–Trinajstić information content (AvgIpc) is 3.18. The number of ether oxygens (including phenoxy) is 1. The van der Waals surface area contributed by atoms with Crippen LogP contribution in [0.15, 0.2) is 47.1 Å². The van der Waals surface area contributed by atoms with Crippen LogP contribution in [0.3, 0.4) is 0 Å². The molecule has 8 nitrogen and oxygen atoms in total. The summed E-state index contributed by atoms with van der Waals surface area (Å²) in [6, 6.07) is 10.2. The van der Waals surface area contributed by atoms with Gasteiger partial charge in [-0.05, 0) is 69.0 Å². The van der Waals surface area contributed by atoms with E-state index in [0.717, 1.165) is 38.7 Å². The topological polar surface area (TPSA) is 84.4 Å². The molecule has 0 saturated carbocycles. The Morgan fingerprint density at radius 1 is 1.15 bits per heavy atom. The first kappa shape index (κ1) is 22.0. The summed E-state index contributed by atoms with van der Waals surface area (Å²) in [5.41, 5.74) is 6.08. The second-order valence-corrected chi connectivity index (χ2v) is 9.74. The standard InChI is InChI=1S/C26H28N5O3/c1-16-12-19(13-20-15-30(5)28-23(16)20)18-6-7-21-22(14-18)34-29-24(27-21)17-8-10-31(11-9-17)25(32)33-26(2,3)4/h6-8,12-15H,9-11H2,1-5H3/q+1. The third-order valence-electron chi connectivity index (χ3n) is 5.81. The van der Waals surface area contributed by atoms with Crippen LogP contribution in [0.1, 0.15) is 38.6 Å². The lowest BCUT2D eigenvalue weighted by atomic mass is 10.0. The third kappa shape index (κ3) is 4.35. The summed E-state index contributed by atoms with van der Waals surface area (Å²) < 4.78 is 13.0. The molecule has 0 spiro atoms. The molecule has 0 saturated heterocycles. The molecule has 0 N–H and O–H groups in total. The maximum atomic E-state index is 12.3. The molecule has 0 unspecified atom stereocenters. The first-order valence-electron chi connectivity index (χ1n) is 11.4. The van der Waals surface area contributed by atoms with E-state index in [1.807, 2.05) is 63.0 Å². The number of benzene rings is 2. The van der Waals surface area contributed by atoms with E-state index in [1.165, 1.54) is 0 Å². The third-order valence-corrected chi connectivity index (χ3v) is 5.81. The van der Waals surface area contributed by atoms with Crippen molar-refractivity contribution >= 4 is 33.7 Å². The minimum absolute atomic E-state index is 0.306. The fourth-order valence-corrected chi connectivity index (χ4v) is 4.18. The number of fused-ring (bicyclic) bond motifs is 2. The molecule has 8 heteroatoms. The van der Waals surface area contributed by atoms with Crippen molar-refractivity contribution in [3.05, 3.63) is 54.0 Å². The number of nitrogens with zero attached hydrogens (tertiary/aromatic N) is 5. The van der Waals surface area contributed by atoms with Gasteiger partial charge in [0.1, 0.15) is 5.60 Å². The van der Waals surface area contributed by atoms with E-state index < -0.39 is 5.60 Å². The molecule has 1 aliphatic heterocycles. The van der Waals surface area contributed by atoms with Crippen molar-refractivity contribution in [1.82, 2.24) is 24.8 Å². The van der Waals surface area contributed by atoms with Crippen LogP contribution in [0.2, 0.25) is 0 Å². The number of aryl methyl sites for hydroxylation is 2. The van der Waals surface area contributed by atoms with E-state index in [-0.39, 0.29) is 6.09 Å². The monoisotopic (exact) mass is 458 g/mol. The number of carbonyl (C=O) groups is 1. The van der Waals surface area contributed by atoms with Gasteiger partial charge in [0, 0.05) is 37.3 Å². The lowest BCUT2D eigenvalue weighted by Gasteiger charge is -2.29. The number of rotatable bonds is 2. The molecule has 2 aromatic carbocycles. The van der Waals surface area contributed by atoms with Crippen LogP contribution in [0, 0.1) is 6.92 Å². The summed E-state index contributed by atoms with van der Waals surface area (Å²) in [6.45, 7) is 8.68. The van der Waals surface area contributed by atoms with Gasteiger partial charge in [0.25, 0.3) is 5.82 Å². The van der Waals surface area contributed by atoms with Crippen LogP contribution >= 0.6 is 0 Å². The van der Waals surface area contributed by atoms with Crippen LogP contribution in [-0.4, -0.2) is 49.6 Å². The van der Waals surface area contributed by atoms with Gasteiger partial charge in [-0.3, -0.25) is 4.68 Å². The molecular weight excluding hydrogens is 430 g/mol. The zero-order chi connectivity index (χ0) is 24.0. The van der Waals surface area contributed by atoms with Gasteiger partial charge in [-0.15, -0.1) is 0 Å². The minimum Gasteiger partial charge on any atom is -0.444 e. The Morgan fingerprint density at radius 2 is 1.97 bits per heavy atom. The Bertz CT molecular complexity index is 1450. The number of aromatic nitrogens is 4. The zero-order valence-corrected chi connectivity index (χ0v) is 20.1. The van der Waals surface area contributed by atoms with Gasteiger partial charge < -0.3 is 9.64 Å². The molecule has 1 aliphatic rings. The van der Waals surface area contributed by atoms with Gasteiger partial charge in [0.15, 0.2) is 10.7 Å². The Kier molecular flexibility index (Phi) is 5.31. The second kappa shape index (κ2) is 8.20. The highest BCUT2D eigenvalue weighted by Gasteiger charge is 2.26. The van der Waals surface area contributed by atoms with Gasteiger partial charge >= 0.3 is 11.7 Å². The number of hydrogen-bond acceptors (Lipinski definition) is 5. The van der Waals surface area contributed by atoms with Gasteiger partial charge in [-0.1, -0.05) is 16.7 Å². The van der Waals surface area contributed by atoms with Crippen LogP contribution in [-0.2, 0) is 11.8 Å². The largest absolute Gasteiger partial charge is 0.444 e. The highest BCUT2D eigenvalue weighted by atomic mass is 16.6. The van der Waals surface area contributed by atoms with E-state index in [0.29, 0.717) is 30.9 Å². The van der Waals surface area contributed by atoms with E-state index in [2.05, 4.69) is 29.3 Å². The van der Waals surface area contributed by atoms with Crippen molar-refractivity contribution in [2.45, 2.75) is 39.7 Å².